The molecular weight excluding hydrogens is 404 g/mol. The lowest BCUT2D eigenvalue weighted by Gasteiger charge is -2.47. The second-order valence-electron chi connectivity index (χ2n) is 9.23. The molecule has 0 spiro atoms. The summed E-state index contributed by atoms with van der Waals surface area (Å²) in [5, 5.41) is -0.206. The lowest BCUT2D eigenvalue weighted by atomic mass is 9.79. The minimum atomic E-state index is -0.210. The zero-order chi connectivity index (χ0) is 22.3. The van der Waals surface area contributed by atoms with E-state index in [0.717, 1.165) is 41.4 Å². The average Bonchev–Trinajstić information content (AvgIpc) is 2.97. The van der Waals surface area contributed by atoms with Crippen LogP contribution in [0, 0.1) is 6.92 Å². The molecule has 5 heteroatoms. The first-order valence-corrected chi connectivity index (χ1v) is 11.7. The minimum absolute atomic E-state index is 0.126. The fourth-order valence-corrected chi connectivity index (χ4v) is 5.70. The molecule has 2 aliphatic rings. The van der Waals surface area contributed by atoms with Crippen LogP contribution in [-0.4, -0.2) is 28.1 Å². The van der Waals surface area contributed by atoms with Crippen LogP contribution in [0.3, 0.4) is 0 Å². The van der Waals surface area contributed by atoms with Crippen LogP contribution in [0.5, 0.6) is 0 Å². The predicted molar refractivity (Wildman–Crippen MR) is 129 cm³/mol. The van der Waals surface area contributed by atoms with E-state index in [0.29, 0.717) is 17.4 Å². The van der Waals surface area contributed by atoms with Gasteiger partial charge in [-0.25, -0.2) is 0 Å². The van der Waals surface area contributed by atoms with Gasteiger partial charge in [0.05, 0.1) is 11.4 Å². The van der Waals surface area contributed by atoms with E-state index in [1.54, 1.807) is 0 Å². The van der Waals surface area contributed by atoms with Gasteiger partial charge in [-0.15, -0.1) is 0 Å². The van der Waals surface area contributed by atoms with Gasteiger partial charge in [-0.2, -0.15) is 0 Å². The quantitative estimate of drug-likeness (QED) is 0.526. The fraction of sp³-hybridized carbons (Fsp3) is 0.385. The van der Waals surface area contributed by atoms with Crippen LogP contribution in [0.1, 0.15) is 62.3 Å². The monoisotopic (exact) mass is 434 g/mol. The lowest BCUT2D eigenvalue weighted by Crippen LogP contribution is -2.48. The van der Waals surface area contributed by atoms with Gasteiger partial charge in [0.1, 0.15) is 0 Å². The third-order valence-corrected chi connectivity index (χ3v) is 7.27. The average molecular weight is 435 g/mol. The molecule has 31 heavy (non-hydrogen) atoms. The van der Waals surface area contributed by atoms with Crippen LogP contribution in [0.2, 0.25) is 0 Å². The summed E-state index contributed by atoms with van der Waals surface area (Å²) in [5.41, 5.74) is 5.80. The molecule has 162 valence electrons. The van der Waals surface area contributed by atoms with Crippen molar-refractivity contribution in [1.82, 2.24) is 4.90 Å². The molecule has 0 N–H and O–H groups in total. The molecule has 1 fully saturated rings. The summed E-state index contributed by atoms with van der Waals surface area (Å²) in [6.45, 7) is 12.4. The van der Waals surface area contributed by atoms with E-state index in [1.807, 2.05) is 37.3 Å². The Balaban J connectivity index is 1.59. The maximum atomic E-state index is 12.9. The molecule has 0 unspecified atom stereocenters. The van der Waals surface area contributed by atoms with Gasteiger partial charge in [-0.1, -0.05) is 42.8 Å². The molecule has 2 heterocycles. The summed E-state index contributed by atoms with van der Waals surface area (Å²) >= 11 is 1.03. The molecule has 2 aromatic carbocycles. The standard InChI is InChI=1S/C26H30N2O2S/c1-6-28-22-12-11-20(13-21(22)18(3)15-26(28,4)5)14-23-24(29)27(25(30)31-23)16-19-9-7-17(2)8-10-19/h7-14,18H,6,15-16H2,1-5H3/b23-14-/t18-/m1/s1. The number of imide groups is 1. The number of hydrogen-bond donors (Lipinski definition) is 0. The number of rotatable bonds is 4. The minimum Gasteiger partial charge on any atom is -0.366 e. The summed E-state index contributed by atoms with van der Waals surface area (Å²) in [6.07, 6.45) is 2.95. The second-order valence-corrected chi connectivity index (χ2v) is 10.2. The highest BCUT2D eigenvalue weighted by molar-refractivity contribution is 8.18. The molecule has 1 atom stereocenters. The maximum absolute atomic E-state index is 12.9. The molecule has 4 nitrogen and oxygen atoms in total. The van der Waals surface area contributed by atoms with Crippen LogP contribution in [0.15, 0.2) is 47.4 Å². The number of hydrogen-bond acceptors (Lipinski definition) is 4. The van der Waals surface area contributed by atoms with E-state index < -0.39 is 0 Å². The van der Waals surface area contributed by atoms with E-state index >= 15 is 0 Å². The van der Waals surface area contributed by atoms with Crippen molar-refractivity contribution in [3.8, 4) is 0 Å². The van der Waals surface area contributed by atoms with Gasteiger partial charge in [0.2, 0.25) is 0 Å². The Morgan fingerprint density at radius 1 is 1.13 bits per heavy atom. The van der Waals surface area contributed by atoms with Gasteiger partial charge in [0, 0.05) is 17.8 Å². The van der Waals surface area contributed by atoms with E-state index in [4.69, 9.17) is 0 Å². The highest BCUT2D eigenvalue weighted by atomic mass is 32.2. The van der Waals surface area contributed by atoms with Crippen molar-refractivity contribution in [2.45, 2.75) is 59.0 Å². The fourth-order valence-electron chi connectivity index (χ4n) is 4.86. The number of nitrogens with zero attached hydrogens (tertiary/aromatic N) is 2. The summed E-state index contributed by atoms with van der Waals surface area (Å²) in [7, 11) is 0. The normalized spacial score (nSPS) is 21.7. The Hall–Kier alpha value is -2.53. The van der Waals surface area contributed by atoms with Crippen molar-refractivity contribution in [3.05, 3.63) is 69.6 Å². The summed E-state index contributed by atoms with van der Waals surface area (Å²) < 4.78 is 0. The Bertz CT molecular complexity index is 1060. The van der Waals surface area contributed by atoms with E-state index in [9.17, 15) is 9.59 Å². The molecule has 0 saturated carbocycles. The third kappa shape index (κ3) is 4.16. The van der Waals surface area contributed by atoms with Gasteiger partial charge < -0.3 is 4.90 Å². The van der Waals surface area contributed by atoms with Crippen LogP contribution in [0.4, 0.5) is 10.5 Å². The molecular formula is C26H30N2O2S. The van der Waals surface area contributed by atoms with Gasteiger partial charge in [0.25, 0.3) is 11.1 Å². The van der Waals surface area contributed by atoms with Gasteiger partial charge in [-0.3, -0.25) is 14.5 Å². The highest BCUT2D eigenvalue weighted by Gasteiger charge is 2.37. The van der Waals surface area contributed by atoms with Crippen molar-refractivity contribution in [3.63, 3.8) is 0 Å². The zero-order valence-corrected chi connectivity index (χ0v) is 19.8. The number of fused-ring (bicyclic) bond motifs is 1. The molecule has 2 aromatic rings. The van der Waals surface area contributed by atoms with Crippen molar-refractivity contribution in [1.29, 1.82) is 0 Å². The van der Waals surface area contributed by atoms with Crippen LogP contribution >= 0.6 is 11.8 Å². The van der Waals surface area contributed by atoms with E-state index in [1.165, 1.54) is 16.2 Å². The Morgan fingerprint density at radius 3 is 2.52 bits per heavy atom. The van der Waals surface area contributed by atoms with Gasteiger partial charge >= 0.3 is 0 Å². The van der Waals surface area contributed by atoms with E-state index in [-0.39, 0.29) is 16.7 Å². The third-order valence-electron chi connectivity index (χ3n) is 6.36. The smallest absolute Gasteiger partial charge is 0.293 e. The second kappa shape index (κ2) is 8.19. The molecule has 2 aliphatic heterocycles. The van der Waals surface area contributed by atoms with Crippen LogP contribution < -0.4 is 4.90 Å². The number of carbonyl (C=O) groups excluding carboxylic acids is 2. The van der Waals surface area contributed by atoms with Crippen molar-refractivity contribution >= 4 is 34.7 Å². The van der Waals surface area contributed by atoms with Crippen LogP contribution in [0.25, 0.3) is 6.08 Å². The number of benzene rings is 2. The molecule has 1 saturated heterocycles. The summed E-state index contributed by atoms with van der Waals surface area (Å²) in [6, 6.07) is 14.3. The molecule has 0 aliphatic carbocycles. The van der Waals surface area contributed by atoms with E-state index in [2.05, 4.69) is 50.8 Å². The SMILES string of the molecule is CCN1c2ccc(/C=C3\SC(=O)N(Cc4ccc(C)cc4)C3=O)cc2[C@H](C)CC1(C)C. The Kier molecular flexibility index (Phi) is 5.73. The Morgan fingerprint density at radius 2 is 1.84 bits per heavy atom. The van der Waals surface area contributed by atoms with Crippen molar-refractivity contribution in [2.24, 2.45) is 0 Å². The number of amides is 2. The van der Waals surface area contributed by atoms with Gasteiger partial charge in [-0.05, 0) is 86.7 Å². The first-order chi connectivity index (χ1) is 14.7. The highest BCUT2D eigenvalue weighted by Crippen LogP contribution is 2.44. The lowest BCUT2D eigenvalue weighted by molar-refractivity contribution is -0.123. The van der Waals surface area contributed by atoms with Crippen molar-refractivity contribution < 1.29 is 9.59 Å². The molecule has 0 radical (unpaired) electrons. The molecule has 4 rings (SSSR count). The number of aryl methyl sites for hydroxylation is 1. The predicted octanol–water partition coefficient (Wildman–Crippen LogP) is 6.34. The van der Waals surface area contributed by atoms with Crippen LogP contribution in [-0.2, 0) is 11.3 Å². The summed E-state index contributed by atoms with van der Waals surface area (Å²) in [4.78, 5) is 29.7. The Labute approximate surface area is 189 Å². The topological polar surface area (TPSA) is 40.6 Å². The maximum Gasteiger partial charge on any atom is 0.293 e. The first-order valence-electron chi connectivity index (χ1n) is 10.9. The molecule has 0 bridgehead atoms. The number of thioether (sulfide) groups is 1. The van der Waals surface area contributed by atoms with Crippen molar-refractivity contribution in [2.75, 3.05) is 11.4 Å². The zero-order valence-electron chi connectivity index (χ0n) is 18.9. The number of carbonyl (C=O) groups is 2. The van der Waals surface area contributed by atoms with Gasteiger partial charge in [0.15, 0.2) is 0 Å². The molecule has 2 amide bonds. The largest absolute Gasteiger partial charge is 0.366 e. The summed E-state index contributed by atoms with van der Waals surface area (Å²) in [5.74, 6) is 0.232. The first kappa shape index (κ1) is 21.7. The number of anilines is 1. The molecule has 0 aromatic heterocycles.